The van der Waals surface area contributed by atoms with Crippen molar-refractivity contribution in [2.75, 3.05) is 31.1 Å². The lowest BCUT2D eigenvalue weighted by Gasteiger charge is -2.35. The molecule has 1 saturated heterocycles. The molecule has 0 bridgehead atoms. The Hall–Kier alpha value is -2.88. The number of aromatic nitrogens is 1. The van der Waals surface area contributed by atoms with E-state index in [-0.39, 0.29) is 5.91 Å². The molecule has 0 N–H and O–H groups in total. The SMILES string of the molecule is CC(=O)N1CCN(c2ccc(-c3ccc4ccccc4n3)cc2)CC1. The molecule has 4 rings (SSSR count). The van der Waals surface area contributed by atoms with E-state index < -0.39 is 0 Å². The summed E-state index contributed by atoms with van der Waals surface area (Å²) in [6, 6.07) is 20.9. The Kier molecular flexibility index (Phi) is 4.10. The number of hydrogen-bond acceptors (Lipinski definition) is 3. The Balaban J connectivity index is 1.52. The number of piperazine rings is 1. The largest absolute Gasteiger partial charge is 0.368 e. The van der Waals surface area contributed by atoms with Crippen LogP contribution < -0.4 is 4.90 Å². The number of rotatable bonds is 2. The first-order valence-electron chi connectivity index (χ1n) is 8.67. The van der Waals surface area contributed by atoms with Gasteiger partial charge in [-0.3, -0.25) is 4.79 Å². The Morgan fingerprint density at radius 3 is 2.32 bits per heavy atom. The predicted molar refractivity (Wildman–Crippen MR) is 102 cm³/mol. The van der Waals surface area contributed by atoms with E-state index in [2.05, 4.69) is 47.4 Å². The Bertz CT molecular complexity index is 896. The molecule has 4 nitrogen and oxygen atoms in total. The number of carbonyl (C=O) groups is 1. The summed E-state index contributed by atoms with van der Waals surface area (Å²) in [5.41, 5.74) is 4.33. The highest BCUT2D eigenvalue weighted by Crippen LogP contribution is 2.24. The summed E-state index contributed by atoms with van der Waals surface area (Å²) < 4.78 is 0. The third kappa shape index (κ3) is 3.20. The number of nitrogens with zero attached hydrogens (tertiary/aromatic N) is 3. The normalized spacial score (nSPS) is 14.8. The van der Waals surface area contributed by atoms with Crippen molar-refractivity contribution in [1.82, 2.24) is 9.88 Å². The van der Waals surface area contributed by atoms with E-state index in [0.717, 1.165) is 48.3 Å². The molecule has 2 aromatic carbocycles. The van der Waals surface area contributed by atoms with E-state index in [1.807, 2.05) is 23.1 Å². The molecule has 1 fully saturated rings. The second-order valence-corrected chi connectivity index (χ2v) is 6.43. The van der Waals surface area contributed by atoms with Gasteiger partial charge in [-0.15, -0.1) is 0 Å². The molecule has 4 heteroatoms. The molecule has 0 atom stereocenters. The van der Waals surface area contributed by atoms with Crippen LogP contribution in [0.1, 0.15) is 6.92 Å². The number of anilines is 1. The van der Waals surface area contributed by atoms with Crippen LogP contribution in [0.4, 0.5) is 5.69 Å². The lowest BCUT2D eigenvalue weighted by Crippen LogP contribution is -2.48. The zero-order chi connectivity index (χ0) is 17.2. The maximum Gasteiger partial charge on any atom is 0.219 e. The molecule has 3 aromatic rings. The molecule has 0 saturated carbocycles. The summed E-state index contributed by atoms with van der Waals surface area (Å²) in [6.07, 6.45) is 0. The first-order valence-corrected chi connectivity index (χ1v) is 8.67. The number of carbonyl (C=O) groups excluding carboxylic acids is 1. The molecule has 0 radical (unpaired) electrons. The Morgan fingerprint density at radius 1 is 0.880 bits per heavy atom. The average Bonchev–Trinajstić information content (AvgIpc) is 2.68. The minimum absolute atomic E-state index is 0.164. The topological polar surface area (TPSA) is 36.4 Å². The number of pyridine rings is 1. The van der Waals surface area contributed by atoms with Gasteiger partial charge < -0.3 is 9.80 Å². The highest BCUT2D eigenvalue weighted by molar-refractivity contribution is 5.81. The van der Waals surface area contributed by atoms with E-state index in [9.17, 15) is 4.79 Å². The van der Waals surface area contributed by atoms with Crippen LogP contribution in [0.2, 0.25) is 0 Å². The van der Waals surface area contributed by atoms with Crippen LogP contribution in [0, 0.1) is 0 Å². The summed E-state index contributed by atoms with van der Waals surface area (Å²) in [5.74, 6) is 0.164. The number of benzene rings is 2. The minimum atomic E-state index is 0.164. The monoisotopic (exact) mass is 331 g/mol. The first-order chi connectivity index (χ1) is 12.2. The van der Waals surface area contributed by atoms with Crippen LogP contribution in [-0.4, -0.2) is 42.0 Å². The number of amides is 1. The van der Waals surface area contributed by atoms with Crippen LogP contribution in [0.3, 0.4) is 0 Å². The molecule has 126 valence electrons. The van der Waals surface area contributed by atoms with Crippen molar-refractivity contribution in [3.8, 4) is 11.3 Å². The van der Waals surface area contributed by atoms with Crippen LogP contribution in [0.5, 0.6) is 0 Å². The van der Waals surface area contributed by atoms with Crippen molar-refractivity contribution in [3.63, 3.8) is 0 Å². The molecule has 1 aliphatic rings. The van der Waals surface area contributed by atoms with Gasteiger partial charge >= 0.3 is 0 Å². The van der Waals surface area contributed by atoms with E-state index >= 15 is 0 Å². The van der Waals surface area contributed by atoms with Crippen LogP contribution in [-0.2, 0) is 4.79 Å². The van der Waals surface area contributed by atoms with Gasteiger partial charge in [0.15, 0.2) is 0 Å². The van der Waals surface area contributed by atoms with Crippen LogP contribution >= 0.6 is 0 Å². The number of hydrogen-bond donors (Lipinski definition) is 0. The summed E-state index contributed by atoms with van der Waals surface area (Å²) in [4.78, 5) is 20.4. The smallest absolute Gasteiger partial charge is 0.219 e. The van der Waals surface area contributed by atoms with E-state index in [1.165, 1.54) is 5.69 Å². The number of fused-ring (bicyclic) bond motifs is 1. The predicted octanol–water partition coefficient (Wildman–Crippen LogP) is 3.57. The summed E-state index contributed by atoms with van der Waals surface area (Å²) in [6.45, 7) is 4.99. The molecular weight excluding hydrogens is 310 g/mol. The van der Waals surface area contributed by atoms with Crippen LogP contribution in [0.15, 0.2) is 60.7 Å². The van der Waals surface area contributed by atoms with Crippen molar-refractivity contribution >= 4 is 22.5 Å². The lowest BCUT2D eigenvalue weighted by molar-refractivity contribution is -0.129. The van der Waals surface area contributed by atoms with Gasteiger partial charge in [0.25, 0.3) is 0 Å². The third-order valence-corrected chi connectivity index (χ3v) is 4.85. The van der Waals surface area contributed by atoms with Crippen molar-refractivity contribution < 1.29 is 4.79 Å². The molecule has 0 spiro atoms. The van der Waals surface area contributed by atoms with Gasteiger partial charge in [0.1, 0.15) is 0 Å². The quantitative estimate of drug-likeness (QED) is 0.720. The highest BCUT2D eigenvalue weighted by atomic mass is 16.2. The van der Waals surface area contributed by atoms with Crippen molar-refractivity contribution in [2.45, 2.75) is 6.92 Å². The Morgan fingerprint density at radius 2 is 1.60 bits per heavy atom. The Labute approximate surface area is 147 Å². The number of para-hydroxylation sites is 1. The van der Waals surface area contributed by atoms with Gasteiger partial charge in [0.2, 0.25) is 5.91 Å². The molecule has 2 heterocycles. The fourth-order valence-corrected chi connectivity index (χ4v) is 3.35. The molecule has 1 aliphatic heterocycles. The van der Waals surface area contributed by atoms with E-state index in [0.29, 0.717) is 0 Å². The standard InChI is InChI=1S/C21H21N3O/c1-16(25)23-12-14-24(15-13-23)19-9-6-18(7-10-19)21-11-8-17-4-2-3-5-20(17)22-21/h2-11H,12-15H2,1H3. The summed E-state index contributed by atoms with van der Waals surface area (Å²) in [5, 5.41) is 1.16. The molecule has 1 amide bonds. The van der Waals surface area contributed by atoms with Gasteiger partial charge in [-0.25, -0.2) is 4.98 Å². The minimum Gasteiger partial charge on any atom is -0.368 e. The maximum atomic E-state index is 11.4. The van der Waals surface area contributed by atoms with Crippen LogP contribution in [0.25, 0.3) is 22.2 Å². The van der Waals surface area contributed by atoms with Gasteiger partial charge in [0.05, 0.1) is 11.2 Å². The fourth-order valence-electron chi connectivity index (χ4n) is 3.35. The third-order valence-electron chi connectivity index (χ3n) is 4.85. The molecule has 0 aliphatic carbocycles. The van der Waals surface area contributed by atoms with Crippen molar-refractivity contribution in [2.24, 2.45) is 0 Å². The van der Waals surface area contributed by atoms with Gasteiger partial charge in [-0.2, -0.15) is 0 Å². The zero-order valence-corrected chi connectivity index (χ0v) is 14.4. The van der Waals surface area contributed by atoms with Gasteiger partial charge in [0, 0.05) is 49.7 Å². The van der Waals surface area contributed by atoms with Gasteiger partial charge in [-0.05, 0) is 24.3 Å². The van der Waals surface area contributed by atoms with Gasteiger partial charge in [-0.1, -0.05) is 36.4 Å². The summed E-state index contributed by atoms with van der Waals surface area (Å²) >= 11 is 0. The maximum absolute atomic E-state index is 11.4. The first kappa shape index (κ1) is 15.6. The summed E-state index contributed by atoms with van der Waals surface area (Å²) in [7, 11) is 0. The highest BCUT2D eigenvalue weighted by Gasteiger charge is 2.18. The second-order valence-electron chi connectivity index (χ2n) is 6.43. The van der Waals surface area contributed by atoms with E-state index in [1.54, 1.807) is 6.92 Å². The fraction of sp³-hybridized carbons (Fsp3) is 0.238. The van der Waals surface area contributed by atoms with Crippen molar-refractivity contribution in [3.05, 3.63) is 60.7 Å². The molecular formula is C21H21N3O. The average molecular weight is 331 g/mol. The van der Waals surface area contributed by atoms with E-state index in [4.69, 9.17) is 4.98 Å². The zero-order valence-electron chi connectivity index (χ0n) is 14.4. The lowest BCUT2D eigenvalue weighted by atomic mass is 10.1. The second kappa shape index (κ2) is 6.55. The molecule has 25 heavy (non-hydrogen) atoms. The molecule has 1 aromatic heterocycles. The molecule has 0 unspecified atom stereocenters. The van der Waals surface area contributed by atoms with Crippen molar-refractivity contribution in [1.29, 1.82) is 0 Å².